The largest absolute Gasteiger partial charge is 0.378 e. The van der Waals surface area contributed by atoms with Crippen molar-refractivity contribution < 1.29 is 13.2 Å². The zero-order chi connectivity index (χ0) is 12.2. The van der Waals surface area contributed by atoms with Crippen LogP contribution in [-0.2, 0) is 14.6 Å². The molecule has 6 heteroatoms. The topological polar surface area (TPSA) is 46.6 Å². The summed E-state index contributed by atoms with van der Waals surface area (Å²) in [4.78, 5) is 2.19. The van der Waals surface area contributed by atoms with Gasteiger partial charge in [0.05, 0.1) is 24.2 Å². The Morgan fingerprint density at radius 3 is 2.75 bits per heavy atom. The van der Waals surface area contributed by atoms with Crippen molar-refractivity contribution in [1.29, 1.82) is 0 Å². The molecule has 1 saturated heterocycles. The average Bonchev–Trinajstić information content (AvgIpc) is 2.26. The number of hydrogen-bond donors (Lipinski definition) is 0. The molecule has 0 spiro atoms. The lowest BCUT2D eigenvalue weighted by Gasteiger charge is -2.34. The van der Waals surface area contributed by atoms with E-state index in [4.69, 9.17) is 4.74 Å². The van der Waals surface area contributed by atoms with Crippen LogP contribution in [0.5, 0.6) is 0 Å². The van der Waals surface area contributed by atoms with Crippen LogP contribution in [0.4, 0.5) is 0 Å². The number of sulfone groups is 1. The fraction of sp³-hybridized carbons (Fsp3) is 1.00. The monoisotopic (exact) mass is 313 g/mol. The van der Waals surface area contributed by atoms with E-state index in [2.05, 4.69) is 20.8 Å². The number of morpholine rings is 1. The number of alkyl halides is 1. The van der Waals surface area contributed by atoms with Crippen LogP contribution in [0.3, 0.4) is 0 Å². The molecule has 0 radical (unpaired) electrons. The third-order valence-electron chi connectivity index (χ3n) is 2.91. The van der Waals surface area contributed by atoms with E-state index in [0.717, 1.165) is 11.9 Å². The molecule has 1 heterocycles. The third kappa shape index (κ3) is 3.98. The number of rotatable bonds is 5. The number of halogens is 1. The molecule has 0 amide bonds. The molecule has 1 aliphatic rings. The summed E-state index contributed by atoms with van der Waals surface area (Å²) in [5.41, 5.74) is 0. The van der Waals surface area contributed by atoms with Crippen LogP contribution in [0.2, 0.25) is 0 Å². The highest BCUT2D eigenvalue weighted by atomic mass is 79.9. The minimum absolute atomic E-state index is 0.244. The van der Waals surface area contributed by atoms with E-state index in [1.54, 1.807) is 13.8 Å². The molecule has 1 aliphatic heterocycles. The Kier molecular flexibility index (Phi) is 5.70. The molecule has 0 aromatic rings. The average molecular weight is 314 g/mol. The highest BCUT2D eigenvalue weighted by Gasteiger charge is 2.24. The quantitative estimate of drug-likeness (QED) is 0.708. The number of nitrogens with zero attached hydrogens (tertiary/aromatic N) is 1. The Morgan fingerprint density at radius 2 is 2.19 bits per heavy atom. The second-order valence-electron chi connectivity index (χ2n) is 4.33. The Morgan fingerprint density at radius 1 is 1.50 bits per heavy atom. The van der Waals surface area contributed by atoms with Crippen molar-refractivity contribution in [2.45, 2.75) is 25.1 Å². The maximum Gasteiger partial charge on any atom is 0.153 e. The van der Waals surface area contributed by atoms with Crippen molar-refractivity contribution in [1.82, 2.24) is 4.90 Å². The maximum absolute atomic E-state index is 11.7. The van der Waals surface area contributed by atoms with Gasteiger partial charge in [-0.15, -0.1) is 0 Å². The van der Waals surface area contributed by atoms with Crippen molar-refractivity contribution in [2.75, 3.05) is 37.4 Å². The predicted molar refractivity (Wildman–Crippen MR) is 68.9 cm³/mol. The summed E-state index contributed by atoms with van der Waals surface area (Å²) in [5.74, 6) is 0.244. The molecular formula is C10H20BrNO3S. The lowest BCUT2D eigenvalue weighted by atomic mass is 10.2. The normalized spacial score (nSPS) is 23.9. The van der Waals surface area contributed by atoms with E-state index in [1.807, 2.05) is 0 Å². The highest BCUT2D eigenvalue weighted by molar-refractivity contribution is 9.09. The molecule has 0 N–H and O–H groups in total. The standard InChI is InChI=1S/C10H20BrNO3S/c1-9(2)16(13,14)6-4-12-3-5-15-8-10(12)7-11/h9-10H,3-8H2,1-2H3. The van der Waals surface area contributed by atoms with Gasteiger partial charge < -0.3 is 4.74 Å². The molecule has 0 bridgehead atoms. The van der Waals surface area contributed by atoms with Crippen molar-refractivity contribution in [2.24, 2.45) is 0 Å². The predicted octanol–water partition coefficient (Wildman–Crippen LogP) is 0.905. The van der Waals surface area contributed by atoms with E-state index in [-0.39, 0.29) is 11.0 Å². The van der Waals surface area contributed by atoms with Crippen LogP contribution in [0, 0.1) is 0 Å². The molecule has 16 heavy (non-hydrogen) atoms. The molecule has 0 aromatic carbocycles. The van der Waals surface area contributed by atoms with Gasteiger partial charge in [-0.25, -0.2) is 8.42 Å². The zero-order valence-electron chi connectivity index (χ0n) is 9.86. The number of ether oxygens (including phenoxy) is 1. The number of hydrogen-bond acceptors (Lipinski definition) is 4. The fourth-order valence-corrected chi connectivity index (χ4v) is 3.16. The summed E-state index contributed by atoms with van der Waals surface area (Å²) in [6.45, 7) is 6.29. The summed E-state index contributed by atoms with van der Waals surface area (Å²) in [7, 11) is -2.93. The van der Waals surface area contributed by atoms with Gasteiger partial charge in [-0.2, -0.15) is 0 Å². The smallest absolute Gasteiger partial charge is 0.153 e. The van der Waals surface area contributed by atoms with Gasteiger partial charge in [0.2, 0.25) is 0 Å². The zero-order valence-corrected chi connectivity index (χ0v) is 12.3. The molecule has 0 aromatic heterocycles. The van der Waals surface area contributed by atoms with Crippen LogP contribution >= 0.6 is 15.9 Å². The SMILES string of the molecule is CC(C)S(=O)(=O)CCN1CCOCC1CBr. The van der Waals surface area contributed by atoms with E-state index in [9.17, 15) is 8.42 Å². The molecule has 0 aliphatic carbocycles. The van der Waals surface area contributed by atoms with Gasteiger partial charge in [0, 0.05) is 24.5 Å². The molecule has 1 unspecified atom stereocenters. The second kappa shape index (κ2) is 6.33. The van der Waals surface area contributed by atoms with Crippen LogP contribution in [0.1, 0.15) is 13.8 Å². The van der Waals surface area contributed by atoms with Gasteiger partial charge in [0.15, 0.2) is 9.84 Å². The summed E-state index contributed by atoms with van der Waals surface area (Å²) in [5, 5.41) is 0.547. The molecule has 0 saturated carbocycles. The van der Waals surface area contributed by atoms with Gasteiger partial charge in [-0.1, -0.05) is 15.9 Å². The van der Waals surface area contributed by atoms with Gasteiger partial charge >= 0.3 is 0 Å². The van der Waals surface area contributed by atoms with Crippen LogP contribution < -0.4 is 0 Å². The van der Waals surface area contributed by atoms with Crippen molar-refractivity contribution in [3.63, 3.8) is 0 Å². The molecule has 1 atom stereocenters. The van der Waals surface area contributed by atoms with Crippen LogP contribution in [-0.4, -0.2) is 62.0 Å². The van der Waals surface area contributed by atoms with E-state index in [1.165, 1.54) is 0 Å². The van der Waals surface area contributed by atoms with Gasteiger partial charge in [-0.3, -0.25) is 4.90 Å². The first-order valence-electron chi connectivity index (χ1n) is 5.56. The molecule has 4 nitrogen and oxygen atoms in total. The Bertz CT molecular complexity index is 305. The van der Waals surface area contributed by atoms with Gasteiger partial charge in [0.25, 0.3) is 0 Å². The molecular weight excluding hydrogens is 294 g/mol. The first-order valence-corrected chi connectivity index (χ1v) is 8.40. The molecule has 1 rings (SSSR count). The van der Waals surface area contributed by atoms with E-state index >= 15 is 0 Å². The molecule has 96 valence electrons. The summed E-state index contributed by atoms with van der Waals surface area (Å²) in [6, 6.07) is 0.302. The summed E-state index contributed by atoms with van der Waals surface area (Å²) >= 11 is 3.43. The van der Waals surface area contributed by atoms with Gasteiger partial charge in [-0.05, 0) is 13.8 Å². The Balaban J connectivity index is 2.47. The Hall–Kier alpha value is 0.350. The van der Waals surface area contributed by atoms with Gasteiger partial charge in [0.1, 0.15) is 0 Å². The second-order valence-corrected chi connectivity index (χ2v) is 7.66. The third-order valence-corrected chi connectivity index (χ3v) is 5.84. The lowest BCUT2D eigenvalue weighted by molar-refractivity contribution is 0.00502. The highest BCUT2D eigenvalue weighted by Crippen LogP contribution is 2.10. The summed E-state index contributed by atoms with van der Waals surface area (Å²) < 4.78 is 28.8. The maximum atomic E-state index is 11.7. The van der Waals surface area contributed by atoms with Crippen molar-refractivity contribution in [3.05, 3.63) is 0 Å². The minimum Gasteiger partial charge on any atom is -0.378 e. The minimum atomic E-state index is -2.93. The first-order chi connectivity index (χ1) is 7.47. The Labute approximate surface area is 106 Å². The lowest BCUT2D eigenvalue weighted by Crippen LogP contribution is -2.48. The molecule has 1 fully saturated rings. The van der Waals surface area contributed by atoms with Crippen LogP contribution in [0.15, 0.2) is 0 Å². The van der Waals surface area contributed by atoms with E-state index < -0.39 is 9.84 Å². The van der Waals surface area contributed by atoms with Crippen molar-refractivity contribution >= 4 is 25.8 Å². The van der Waals surface area contributed by atoms with E-state index in [0.29, 0.717) is 25.8 Å². The summed E-state index contributed by atoms with van der Waals surface area (Å²) in [6.07, 6.45) is 0. The van der Waals surface area contributed by atoms with Crippen LogP contribution in [0.25, 0.3) is 0 Å². The van der Waals surface area contributed by atoms with Crippen molar-refractivity contribution in [3.8, 4) is 0 Å². The first kappa shape index (κ1) is 14.4. The fourth-order valence-electron chi connectivity index (χ4n) is 1.61.